The number of benzene rings is 1. The second-order valence-corrected chi connectivity index (χ2v) is 3.51. The highest BCUT2D eigenvalue weighted by atomic mass is 16.3. The lowest BCUT2D eigenvalue weighted by Gasteiger charge is -2.08. The largest absolute Gasteiger partial charge is 0.232 e. The van der Waals surface area contributed by atoms with Crippen molar-refractivity contribution in [2.24, 2.45) is 5.92 Å². The molecule has 0 aliphatic carbocycles. The molecule has 0 amide bonds. The third kappa shape index (κ3) is 2.35. The van der Waals surface area contributed by atoms with E-state index < -0.39 is 0 Å². The maximum Gasteiger partial charge on any atom is 0.108 e. The molecule has 1 aromatic rings. The van der Waals surface area contributed by atoms with Crippen LogP contribution in [0, 0.1) is 5.92 Å². The Kier molecular flexibility index (Phi) is 3.30. The van der Waals surface area contributed by atoms with Gasteiger partial charge in [-0.25, -0.2) is 5.11 Å². The van der Waals surface area contributed by atoms with E-state index in [1.54, 1.807) is 0 Å². The summed E-state index contributed by atoms with van der Waals surface area (Å²) in [5.41, 5.74) is 2.16. The smallest absolute Gasteiger partial charge is 0.108 e. The summed E-state index contributed by atoms with van der Waals surface area (Å²) >= 11 is 0. The molecule has 0 saturated heterocycles. The van der Waals surface area contributed by atoms with Crippen molar-refractivity contribution >= 4 is 0 Å². The van der Waals surface area contributed by atoms with Crippen LogP contribution in [-0.2, 0) is 18.1 Å². The highest BCUT2D eigenvalue weighted by molar-refractivity contribution is 5.26. The SMILES string of the molecule is CC(C)Cc1ccccc1C[O]. The Balaban J connectivity index is 2.82. The van der Waals surface area contributed by atoms with Gasteiger partial charge in [-0.15, -0.1) is 0 Å². The third-order valence-corrected chi connectivity index (χ3v) is 1.90. The van der Waals surface area contributed by atoms with Crippen molar-refractivity contribution in [3.8, 4) is 0 Å². The molecule has 1 aromatic carbocycles. The molecule has 0 heterocycles. The topological polar surface area (TPSA) is 19.9 Å². The highest BCUT2D eigenvalue weighted by Gasteiger charge is 2.02. The average molecular weight is 163 g/mol. The van der Waals surface area contributed by atoms with E-state index in [1.807, 2.05) is 24.3 Å². The van der Waals surface area contributed by atoms with Crippen LogP contribution in [0.5, 0.6) is 0 Å². The van der Waals surface area contributed by atoms with Gasteiger partial charge in [-0.1, -0.05) is 38.1 Å². The molecule has 65 valence electrons. The molecule has 0 bridgehead atoms. The Labute approximate surface area is 74.1 Å². The molecule has 0 fully saturated rings. The van der Waals surface area contributed by atoms with Crippen molar-refractivity contribution in [1.29, 1.82) is 0 Å². The minimum absolute atomic E-state index is 0.0944. The summed E-state index contributed by atoms with van der Waals surface area (Å²) in [5, 5.41) is 10.7. The molecule has 0 unspecified atom stereocenters. The molecule has 0 spiro atoms. The van der Waals surface area contributed by atoms with Gasteiger partial charge in [0.2, 0.25) is 0 Å². The Morgan fingerprint density at radius 1 is 1.17 bits per heavy atom. The fourth-order valence-corrected chi connectivity index (χ4v) is 1.34. The van der Waals surface area contributed by atoms with Crippen LogP contribution in [0.3, 0.4) is 0 Å². The van der Waals surface area contributed by atoms with Gasteiger partial charge < -0.3 is 0 Å². The number of rotatable bonds is 3. The van der Waals surface area contributed by atoms with Gasteiger partial charge in [-0.3, -0.25) is 0 Å². The van der Waals surface area contributed by atoms with Crippen LogP contribution in [0.15, 0.2) is 24.3 Å². The van der Waals surface area contributed by atoms with Gasteiger partial charge in [0, 0.05) is 0 Å². The molecule has 1 radical (unpaired) electrons. The van der Waals surface area contributed by atoms with Crippen molar-refractivity contribution in [3.63, 3.8) is 0 Å². The third-order valence-electron chi connectivity index (χ3n) is 1.90. The zero-order valence-electron chi connectivity index (χ0n) is 7.71. The summed E-state index contributed by atoms with van der Waals surface area (Å²) in [7, 11) is 0. The Bertz CT molecular complexity index is 241. The van der Waals surface area contributed by atoms with Crippen molar-refractivity contribution in [3.05, 3.63) is 35.4 Å². The summed E-state index contributed by atoms with van der Waals surface area (Å²) in [6, 6.07) is 7.89. The van der Waals surface area contributed by atoms with Crippen LogP contribution in [0.4, 0.5) is 0 Å². The van der Waals surface area contributed by atoms with Crippen LogP contribution in [0.25, 0.3) is 0 Å². The minimum atomic E-state index is -0.0944. The van der Waals surface area contributed by atoms with E-state index in [0.29, 0.717) is 5.92 Å². The summed E-state index contributed by atoms with van der Waals surface area (Å²) < 4.78 is 0. The standard InChI is InChI=1S/C11H15O/c1-9(2)7-10-5-3-4-6-11(10)8-12/h3-6,9H,7-8H2,1-2H3. The Morgan fingerprint density at radius 3 is 2.25 bits per heavy atom. The van der Waals surface area contributed by atoms with Crippen molar-refractivity contribution in [2.45, 2.75) is 26.9 Å². The summed E-state index contributed by atoms with van der Waals surface area (Å²) in [6.45, 7) is 4.24. The first-order chi connectivity index (χ1) is 5.74. The van der Waals surface area contributed by atoms with Gasteiger partial charge in [0.05, 0.1) is 0 Å². The van der Waals surface area contributed by atoms with E-state index in [4.69, 9.17) is 0 Å². The van der Waals surface area contributed by atoms with E-state index >= 15 is 0 Å². The fraction of sp³-hybridized carbons (Fsp3) is 0.455. The lowest BCUT2D eigenvalue weighted by atomic mass is 9.98. The molecule has 0 aliphatic rings. The van der Waals surface area contributed by atoms with Gasteiger partial charge >= 0.3 is 0 Å². The normalized spacial score (nSPS) is 10.7. The van der Waals surface area contributed by atoms with Gasteiger partial charge in [0.25, 0.3) is 0 Å². The van der Waals surface area contributed by atoms with Crippen LogP contribution >= 0.6 is 0 Å². The van der Waals surface area contributed by atoms with Gasteiger partial charge in [0.15, 0.2) is 0 Å². The van der Waals surface area contributed by atoms with Gasteiger partial charge in [-0.05, 0) is 23.5 Å². The predicted molar refractivity (Wildman–Crippen MR) is 49.4 cm³/mol. The molecule has 1 rings (SSSR count). The molecule has 1 nitrogen and oxygen atoms in total. The average Bonchev–Trinajstić information content (AvgIpc) is 2.04. The molecule has 0 aromatic heterocycles. The Hall–Kier alpha value is -0.820. The lowest BCUT2D eigenvalue weighted by Crippen LogP contribution is -1.98. The minimum Gasteiger partial charge on any atom is -0.232 e. The van der Waals surface area contributed by atoms with Crippen LogP contribution in [-0.4, -0.2) is 0 Å². The molecule has 0 saturated carbocycles. The Morgan fingerprint density at radius 2 is 1.75 bits per heavy atom. The monoisotopic (exact) mass is 163 g/mol. The summed E-state index contributed by atoms with van der Waals surface area (Å²) in [5.74, 6) is 0.623. The van der Waals surface area contributed by atoms with Crippen LogP contribution in [0.2, 0.25) is 0 Å². The number of hydrogen-bond donors (Lipinski definition) is 0. The first-order valence-electron chi connectivity index (χ1n) is 4.39. The first kappa shape index (κ1) is 9.27. The molecular formula is C11H15O. The number of hydrogen-bond acceptors (Lipinski definition) is 0. The first-order valence-corrected chi connectivity index (χ1v) is 4.39. The van der Waals surface area contributed by atoms with E-state index in [2.05, 4.69) is 13.8 Å². The molecular weight excluding hydrogens is 148 g/mol. The van der Waals surface area contributed by atoms with Crippen molar-refractivity contribution in [2.75, 3.05) is 0 Å². The second kappa shape index (κ2) is 4.27. The van der Waals surface area contributed by atoms with E-state index in [0.717, 1.165) is 12.0 Å². The predicted octanol–water partition coefficient (Wildman–Crippen LogP) is 2.82. The van der Waals surface area contributed by atoms with Gasteiger partial charge in [0.1, 0.15) is 6.61 Å². The maximum atomic E-state index is 10.7. The van der Waals surface area contributed by atoms with Crippen molar-refractivity contribution < 1.29 is 5.11 Å². The second-order valence-electron chi connectivity index (χ2n) is 3.51. The van der Waals surface area contributed by atoms with E-state index in [1.165, 1.54) is 5.56 Å². The maximum absolute atomic E-state index is 10.7. The quantitative estimate of drug-likeness (QED) is 0.653. The lowest BCUT2D eigenvalue weighted by molar-refractivity contribution is 0.176. The molecule has 0 aliphatic heterocycles. The van der Waals surface area contributed by atoms with Crippen LogP contribution in [0.1, 0.15) is 25.0 Å². The molecule has 1 heteroatoms. The molecule has 0 N–H and O–H groups in total. The van der Waals surface area contributed by atoms with E-state index in [-0.39, 0.29) is 6.61 Å². The van der Waals surface area contributed by atoms with E-state index in [9.17, 15) is 5.11 Å². The molecule has 0 atom stereocenters. The van der Waals surface area contributed by atoms with Crippen molar-refractivity contribution in [1.82, 2.24) is 0 Å². The fourth-order valence-electron chi connectivity index (χ4n) is 1.34. The summed E-state index contributed by atoms with van der Waals surface area (Å²) in [6.07, 6.45) is 1.01. The zero-order valence-corrected chi connectivity index (χ0v) is 7.71. The van der Waals surface area contributed by atoms with Crippen LogP contribution < -0.4 is 0 Å². The zero-order chi connectivity index (χ0) is 8.97. The molecule has 12 heavy (non-hydrogen) atoms. The van der Waals surface area contributed by atoms with Gasteiger partial charge in [-0.2, -0.15) is 0 Å². The highest BCUT2D eigenvalue weighted by Crippen LogP contribution is 2.13. The summed E-state index contributed by atoms with van der Waals surface area (Å²) in [4.78, 5) is 0.